The number of nitrogen functional groups attached to an aromatic ring is 1. The van der Waals surface area contributed by atoms with E-state index >= 15 is 0 Å². The van der Waals surface area contributed by atoms with Crippen LogP contribution < -0.4 is 10.5 Å². The fourth-order valence-corrected chi connectivity index (χ4v) is 3.25. The summed E-state index contributed by atoms with van der Waals surface area (Å²) in [5.74, 6) is 0. The molecule has 2 rings (SSSR count). The minimum Gasteiger partial charge on any atom is -0.398 e. The van der Waals surface area contributed by atoms with Gasteiger partial charge in [0, 0.05) is 5.69 Å². The highest BCUT2D eigenvalue weighted by Crippen LogP contribution is 2.24. The van der Waals surface area contributed by atoms with Crippen LogP contribution in [0, 0.1) is 0 Å². The van der Waals surface area contributed by atoms with Crippen molar-refractivity contribution in [1.29, 1.82) is 0 Å². The Labute approximate surface area is 130 Å². The molecule has 0 saturated heterocycles. The van der Waals surface area contributed by atoms with E-state index in [-0.39, 0.29) is 9.92 Å². The van der Waals surface area contributed by atoms with E-state index in [2.05, 4.69) is 11.6 Å². The number of rotatable bonds is 5. The van der Waals surface area contributed by atoms with Crippen molar-refractivity contribution < 1.29 is 8.42 Å². The van der Waals surface area contributed by atoms with Crippen LogP contribution in [-0.4, -0.2) is 8.42 Å². The zero-order valence-corrected chi connectivity index (χ0v) is 13.2. The van der Waals surface area contributed by atoms with Crippen molar-refractivity contribution in [3.8, 4) is 0 Å². The summed E-state index contributed by atoms with van der Waals surface area (Å²) < 4.78 is 27.1. The number of anilines is 2. The third-order valence-electron chi connectivity index (χ3n) is 3.03. The van der Waals surface area contributed by atoms with Crippen LogP contribution in [0.4, 0.5) is 11.4 Å². The fraction of sp³-hybridized carbons (Fsp3) is 0.200. The molecule has 0 aliphatic heterocycles. The highest BCUT2D eigenvalue weighted by atomic mass is 35.5. The van der Waals surface area contributed by atoms with Gasteiger partial charge in [-0.2, -0.15) is 0 Å². The predicted molar refractivity (Wildman–Crippen MR) is 87.1 cm³/mol. The molecule has 0 heterocycles. The molecule has 3 N–H and O–H groups in total. The van der Waals surface area contributed by atoms with Crippen LogP contribution in [0.5, 0.6) is 0 Å². The summed E-state index contributed by atoms with van der Waals surface area (Å²) in [7, 11) is -3.67. The average Bonchev–Trinajstić information content (AvgIpc) is 2.44. The molecular formula is C15H17ClN2O2S. The second-order valence-electron chi connectivity index (χ2n) is 4.74. The Bertz CT molecular complexity index is 728. The summed E-state index contributed by atoms with van der Waals surface area (Å²) in [6, 6.07) is 11.6. The molecule has 0 fully saturated rings. The maximum atomic E-state index is 12.3. The second kappa shape index (κ2) is 6.37. The van der Waals surface area contributed by atoms with Crippen LogP contribution in [0.1, 0.15) is 18.9 Å². The fourth-order valence-electron chi connectivity index (χ4n) is 1.92. The van der Waals surface area contributed by atoms with Crippen LogP contribution >= 0.6 is 11.6 Å². The number of hydrogen-bond acceptors (Lipinski definition) is 3. The van der Waals surface area contributed by atoms with Crippen molar-refractivity contribution in [2.75, 3.05) is 10.5 Å². The lowest BCUT2D eigenvalue weighted by atomic mass is 10.1. The first kappa shape index (κ1) is 15.7. The normalized spacial score (nSPS) is 11.3. The van der Waals surface area contributed by atoms with Crippen LogP contribution in [0.15, 0.2) is 47.4 Å². The molecule has 0 unspecified atom stereocenters. The minimum absolute atomic E-state index is 0.0827. The summed E-state index contributed by atoms with van der Waals surface area (Å²) in [5.41, 5.74) is 7.62. The Balaban J connectivity index is 2.22. The van der Waals surface area contributed by atoms with E-state index in [1.165, 1.54) is 23.8 Å². The molecule has 2 aromatic carbocycles. The van der Waals surface area contributed by atoms with E-state index in [1.807, 2.05) is 12.1 Å². The SMILES string of the molecule is CCCc1ccc(NS(=O)(=O)c2ccc(N)c(Cl)c2)cc1. The Morgan fingerprint density at radius 2 is 1.81 bits per heavy atom. The Hall–Kier alpha value is -1.72. The molecule has 2 aromatic rings. The van der Waals surface area contributed by atoms with Crippen molar-refractivity contribution in [2.45, 2.75) is 24.7 Å². The van der Waals surface area contributed by atoms with E-state index in [1.54, 1.807) is 12.1 Å². The van der Waals surface area contributed by atoms with Gasteiger partial charge in [-0.15, -0.1) is 0 Å². The summed E-state index contributed by atoms with van der Waals surface area (Å²) in [4.78, 5) is 0.0827. The van der Waals surface area contributed by atoms with Gasteiger partial charge < -0.3 is 5.73 Å². The summed E-state index contributed by atoms with van der Waals surface area (Å²) >= 11 is 5.86. The maximum absolute atomic E-state index is 12.3. The first-order chi connectivity index (χ1) is 9.92. The molecule has 0 atom stereocenters. The van der Waals surface area contributed by atoms with Crippen LogP contribution in [0.3, 0.4) is 0 Å². The smallest absolute Gasteiger partial charge is 0.261 e. The minimum atomic E-state index is -3.67. The van der Waals surface area contributed by atoms with E-state index in [0.717, 1.165) is 12.8 Å². The van der Waals surface area contributed by atoms with Gasteiger partial charge in [0.05, 0.1) is 15.6 Å². The molecule has 0 amide bonds. The number of sulfonamides is 1. The molecule has 0 aromatic heterocycles. The zero-order chi connectivity index (χ0) is 15.5. The first-order valence-corrected chi connectivity index (χ1v) is 8.45. The van der Waals surface area contributed by atoms with Gasteiger partial charge in [-0.05, 0) is 42.3 Å². The molecule has 0 aliphatic rings. The quantitative estimate of drug-likeness (QED) is 0.824. The highest BCUT2D eigenvalue weighted by Gasteiger charge is 2.15. The molecule has 0 saturated carbocycles. The van der Waals surface area contributed by atoms with Crippen molar-refractivity contribution in [3.63, 3.8) is 0 Å². The third kappa shape index (κ3) is 3.89. The number of nitrogens with one attached hydrogen (secondary N) is 1. The third-order valence-corrected chi connectivity index (χ3v) is 4.73. The van der Waals surface area contributed by atoms with Gasteiger partial charge in [-0.25, -0.2) is 8.42 Å². The second-order valence-corrected chi connectivity index (χ2v) is 6.83. The number of nitrogens with two attached hydrogens (primary N) is 1. The van der Waals surface area contributed by atoms with Crippen LogP contribution in [0.2, 0.25) is 5.02 Å². The number of halogens is 1. The Morgan fingerprint density at radius 3 is 2.38 bits per heavy atom. The molecule has 21 heavy (non-hydrogen) atoms. The van der Waals surface area contributed by atoms with Gasteiger partial charge in [0.1, 0.15) is 0 Å². The van der Waals surface area contributed by atoms with Gasteiger partial charge in [0.2, 0.25) is 0 Å². The molecule has 0 radical (unpaired) electrons. The molecular weight excluding hydrogens is 308 g/mol. The highest BCUT2D eigenvalue weighted by molar-refractivity contribution is 7.92. The van der Waals surface area contributed by atoms with Crippen LogP contribution in [-0.2, 0) is 16.4 Å². The summed E-state index contributed by atoms with van der Waals surface area (Å²) in [6.07, 6.45) is 2.02. The van der Waals surface area contributed by atoms with E-state index < -0.39 is 10.0 Å². The zero-order valence-electron chi connectivity index (χ0n) is 11.6. The Kier molecular flexibility index (Phi) is 4.75. The molecule has 112 valence electrons. The number of hydrogen-bond donors (Lipinski definition) is 2. The van der Waals surface area contributed by atoms with Crippen molar-refractivity contribution in [3.05, 3.63) is 53.1 Å². The van der Waals surface area contributed by atoms with Gasteiger partial charge in [-0.3, -0.25) is 4.72 Å². The molecule has 6 heteroatoms. The van der Waals surface area contributed by atoms with Crippen molar-refractivity contribution in [1.82, 2.24) is 0 Å². The largest absolute Gasteiger partial charge is 0.398 e. The van der Waals surface area contributed by atoms with E-state index in [9.17, 15) is 8.42 Å². The maximum Gasteiger partial charge on any atom is 0.261 e. The summed E-state index contributed by atoms with van der Waals surface area (Å²) in [6.45, 7) is 2.10. The predicted octanol–water partition coefficient (Wildman–Crippen LogP) is 3.68. The molecule has 0 bridgehead atoms. The Morgan fingerprint density at radius 1 is 1.14 bits per heavy atom. The van der Waals surface area contributed by atoms with Crippen molar-refractivity contribution >= 4 is 33.0 Å². The average molecular weight is 325 g/mol. The van der Waals surface area contributed by atoms with Gasteiger partial charge in [0.15, 0.2) is 0 Å². The van der Waals surface area contributed by atoms with Gasteiger partial charge in [0.25, 0.3) is 10.0 Å². The van der Waals surface area contributed by atoms with Crippen molar-refractivity contribution in [2.24, 2.45) is 0 Å². The lowest BCUT2D eigenvalue weighted by Gasteiger charge is -2.09. The van der Waals surface area contributed by atoms with E-state index in [4.69, 9.17) is 17.3 Å². The lowest BCUT2D eigenvalue weighted by molar-refractivity contribution is 0.601. The topological polar surface area (TPSA) is 72.2 Å². The first-order valence-electron chi connectivity index (χ1n) is 6.59. The lowest BCUT2D eigenvalue weighted by Crippen LogP contribution is -2.13. The van der Waals surface area contributed by atoms with E-state index in [0.29, 0.717) is 11.4 Å². The monoisotopic (exact) mass is 324 g/mol. The van der Waals surface area contributed by atoms with Crippen LogP contribution in [0.25, 0.3) is 0 Å². The number of aryl methyl sites for hydroxylation is 1. The number of benzene rings is 2. The molecule has 0 aliphatic carbocycles. The molecule has 4 nitrogen and oxygen atoms in total. The summed E-state index contributed by atoms with van der Waals surface area (Å²) in [5, 5.41) is 0.219. The standard InChI is InChI=1S/C15H17ClN2O2S/c1-2-3-11-4-6-12(7-5-11)18-21(19,20)13-8-9-15(17)14(16)10-13/h4-10,18H,2-3,17H2,1H3. The molecule has 0 spiro atoms. The van der Waals surface area contributed by atoms with Gasteiger partial charge >= 0.3 is 0 Å². The van der Waals surface area contributed by atoms with Gasteiger partial charge in [-0.1, -0.05) is 37.1 Å².